The van der Waals surface area contributed by atoms with Gasteiger partial charge in [-0.1, -0.05) is 12.1 Å². The number of rotatable bonds is 5. The first-order valence-corrected chi connectivity index (χ1v) is 7.48. The van der Waals surface area contributed by atoms with Crippen molar-refractivity contribution in [1.82, 2.24) is 4.90 Å². The van der Waals surface area contributed by atoms with Crippen molar-refractivity contribution >= 4 is 17.7 Å². The van der Waals surface area contributed by atoms with Crippen LogP contribution in [0.4, 0.5) is 4.39 Å². The van der Waals surface area contributed by atoms with Crippen LogP contribution in [0.25, 0.3) is 0 Å². The lowest BCUT2D eigenvalue weighted by molar-refractivity contribution is -0.132. The molecule has 2 rings (SSSR count). The number of hydrogen-bond acceptors (Lipinski definition) is 3. The molecule has 0 saturated carbocycles. The van der Waals surface area contributed by atoms with E-state index >= 15 is 0 Å². The topological polar surface area (TPSA) is 40.5 Å². The quantitative estimate of drug-likeness (QED) is 0.843. The third-order valence-electron chi connectivity index (χ3n) is 3.32. The van der Waals surface area contributed by atoms with Crippen molar-refractivity contribution in [1.29, 1.82) is 0 Å². The van der Waals surface area contributed by atoms with Gasteiger partial charge >= 0.3 is 0 Å². The van der Waals surface area contributed by atoms with E-state index in [1.807, 2.05) is 0 Å². The Bertz CT molecular complexity index is 441. The van der Waals surface area contributed by atoms with Gasteiger partial charge in [-0.2, -0.15) is 0 Å². The van der Waals surface area contributed by atoms with Crippen LogP contribution in [0, 0.1) is 5.82 Å². The zero-order valence-corrected chi connectivity index (χ0v) is 11.5. The number of aliphatic hydroxyl groups excluding tert-OH is 1. The molecule has 1 aliphatic rings. The van der Waals surface area contributed by atoms with Gasteiger partial charge in [-0.25, -0.2) is 4.39 Å². The summed E-state index contributed by atoms with van der Waals surface area (Å²) in [6.45, 7) is 0.765. The summed E-state index contributed by atoms with van der Waals surface area (Å²) in [5.41, 5.74) is 0. The van der Waals surface area contributed by atoms with Crippen molar-refractivity contribution in [2.75, 3.05) is 18.9 Å². The second-order valence-electron chi connectivity index (χ2n) is 4.59. The van der Waals surface area contributed by atoms with Crippen LogP contribution in [0.1, 0.15) is 19.3 Å². The number of likely N-dealkylation sites (tertiary alicyclic amines) is 1. The number of hydrogen-bond donors (Lipinski definition) is 1. The summed E-state index contributed by atoms with van der Waals surface area (Å²) in [6.07, 6.45) is 2.22. The summed E-state index contributed by atoms with van der Waals surface area (Å²) in [7, 11) is 0. The molecular weight excluding hydrogens is 265 g/mol. The summed E-state index contributed by atoms with van der Waals surface area (Å²) < 4.78 is 13.4. The Labute approximate surface area is 116 Å². The fourth-order valence-electron chi connectivity index (χ4n) is 2.31. The second-order valence-corrected chi connectivity index (χ2v) is 5.73. The summed E-state index contributed by atoms with van der Waals surface area (Å²) in [4.78, 5) is 14.3. The van der Waals surface area contributed by atoms with Crippen molar-refractivity contribution < 1.29 is 14.3 Å². The van der Waals surface area contributed by atoms with E-state index in [0.29, 0.717) is 17.1 Å². The highest BCUT2D eigenvalue weighted by atomic mass is 32.2. The summed E-state index contributed by atoms with van der Waals surface area (Å²) >= 11 is 1.36. The van der Waals surface area contributed by atoms with E-state index < -0.39 is 0 Å². The third kappa shape index (κ3) is 3.70. The Hall–Kier alpha value is -1.07. The first-order valence-electron chi connectivity index (χ1n) is 6.50. The van der Waals surface area contributed by atoms with Gasteiger partial charge in [0.2, 0.25) is 5.91 Å². The van der Waals surface area contributed by atoms with Crippen LogP contribution in [-0.4, -0.2) is 40.9 Å². The Morgan fingerprint density at radius 2 is 2.26 bits per heavy atom. The van der Waals surface area contributed by atoms with E-state index in [1.165, 1.54) is 17.8 Å². The molecular formula is C14H18FNO2S. The van der Waals surface area contributed by atoms with Gasteiger partial charge in [-0.15, -0.1) is 11.8 Å². The van der Waals surface area contributed by atoms with E-state index in [9.17, 15) is 14.3 Å². The number of benzene rings is 1. The SMILES string of the molecule is O=C(CCSc1ccccc1F)N1CCC[C@H]1CO. The van der Waals surface area contributed by atoms with Crippen molar-refractivity contribution in [3.63, 3.8) is 0 Å². The summed E-state index contributed by atoms with van der Waals surface area (Å²) in [5.74, 6) is 0.378. The van der Waals surface area contributed by atoms with Gasteiger partial charge in [0.05, 0.1) is 12.6 Å². The first-order chi connectivity index (χ1) is 9.22. The maximum absolute atomic E-state index is 13.4. The van der Waals surface area contributed by atoms with Crippen LogP contribution in [0.5, 0.6) is 0 Å². The number of carbonyl (C=O) groups excluding carboxylic acids is 1. The monoisotopic (exact) mass is 283 g/mol. The van der Waals surface area contributed by atoms with Gasteiger partial charge in [-0.05, 0) is 25.0 Å². The van der Waals surface area contributed by atoms with Crippen molar-refractivity contribution in [2.24, 2.45) is 0 Å². The minimum atomic E-state index is -0.241. The number of thioether (sulfide) groups is 1. The normalized spacial score (nSPS) is 18.8. The molecule has 104 valence electrons. The lowest BCUT2D eigenvalue weighted by Gasteiger charge is -2.22. The number of halogens is 1. The highest BCUT2D eigenvalue weighted by Crippen LogP contribution is 2.23. The van der Waals surface area contributed by atoms with E-state index in [2.05, 4.69) is 0 Å². The molecule has 0 radical (unpaired) electrons. The third-order valence-corrected chi connectivity index (χ3v) is 4.37. The molecule has 0 unspecified atom stereocenters. The molecule has 1 aromatic rings. The second kappa shape index (κ2) is 6.91. The predicted octanol–water partition coefficient (Wildman–Crippen LogP) is 2.29. The van der Waals surface area contributed by atoms with Gasteiger partial charge in [0.25, 0.3) is 0 Å². The maximum Gasteiger partial charge on any atom is 0.223 e. The van der Waals surface area contributed by atoms with Gasteiger partial charge in [-0.3, -0.25) is 4.79 Å². The molecule has 1 aromatic carbocycles. The number of nitrogens with zero attached hydrogens (tertiary/aromatic N) is 1. The largest absolute Gasteiger partial charge is 0.394 e. The molecule has 3 nitrogen and oxygen atoms in total. The van der Waals surface area contributed by atoms with Crippen LogP contribution in [0.2, 0.25) is 0 Å². The Morgan fingerprint density at radius 1 is 1.47 bits per heavy atom. The highest BCUT2D eigenvalue weighted by Gasteiger charge is 2.27. The van der Waals surface area contributed by atoms with Gasteiger partial charge in [0, 0.05) is 23.6 Å². The zero-order valence-electron chi connectivity index (χ0n) is 10.7. The number of aliphatic hydroxyl groups is 1. The molecule has 1 saturated heterocycles. The summed E-state index contributed by atoms with van der Waals surface area (Å²) in [5, 5.41) is 9.18. The Kier molecular flexibility index (Phi) is 5.22. The minimum absolute atomic E-state index is 0.0223. The average Bonchev–Trinajstić information content (AvgIpc) is 2.89. The molecule has 1 aliphatic heterocycles. The van der Waals surface area contributed by atoms with Crippen LogP contribution in [0.15, 0.2) is 29.2 Å². The minimum Gasteiger partial charge on any atom is -0.394 e. The molecule has 1 heterocycles. The van der Waals surface area contributed by atoms with Crippen LogP contribution in [-0.2, 0) is 4.79 Å². The van der Waals surface area contributed by atoms with E-state index in [4.69, 9.17) is 0 Å². The molecule has 0 spiro atoms. The highest BCUT2D eigenvalue weighted by molar-refractivity contribution is 7.99. The standard InChI is InChI=1S/C14H18FNO2S/c15-12-5-1-2-6-13(12)19-9-7-14(18)16-8-3-4-11(16)10-17/h1-2,5-6,11,17H,3-4,7-10H2/t11-/m0/s1. The molecule has 0 aromatic heterocycles. The van der Waals surface area contributed by atoms with Crippen molar-refractivity contribution in [2.45, 2.75) is 30.2 Å². The van der Waals surface area contributed by atoms with E-state index in [-0.39, 0.29) is 24.4 Å². The lowest BCUT2D eigenvalue weighted by Crippen LogP contribution is -2.37. The average molecular weight is 283 g/mol. The maximum atomic E-state index is 13.4. The van der Waals surface area contributed by atoms with Gasteiger partial charge in [0.15, 0.2) is 0 Å². The Morgan fingerprint density at radius 3 is 3.00 bits per heavy atom. The molecule has 0 bridgehead atoms. The fourth-order valence-corrected chi connectivity index (χ4v) is 3.18. The van der Waals surface area contributed by atoms with Crippen LogP contribution < -0.4 is 0 Å². The Balaban J connectivity index is 1.80. The van der Waals surface area contributed by atoms with Crippen LogP contribution in [0.3, 0.4) is 0 Å². The van der Waals surface area contributed by atoms with Gasteiger partial charge < -0.3 is 10.0 Å². The van der Waals surface area contributed by atoms with Crippen LogP contribution >= 0.6 is 11.8 Å². The lowest BCUT2D eigenvalue weighted by atomic mass is 10.2. The molecule has 19 heavy (non-hydrogen) atoms. The smallest absolute Gasteiger partial charge is 0.223 e. The zero-order chi connectivity index (χ0) is 13.7. The molecule has 1 fully saturated rings. The molecule has 1 atom stereocenters. The first kappa shape index (κ1) is 14.3. The number of amides is 1. The number of carbonyl (C=O) groups is 1. The fraction of sp³-hybridized carbons (Fsp3) is 0.500. The van der Waals surface area contributed by atoms with E-state index in [0.717, 1.165) is 19.4 Å². The van der Waals surface area contributed by atoms with E-state index in [1.54, 1.807) is 23.1 Å². The van der Waals surface area contributed by atoms with Gasteiger partial charge in [0.1, 0.15) is 5.82 Å². The molecule has 5 heteroatoms. The molecule has 1 N–H and O–H groups in total. The predicted molar refractivity (Wildman–Crippen MR) is 73.6 cm³/mol. The van der Waals surface area contributed by atoms with Crippen molar-refractivity contribution in [3.8, 4) is 0 Å². The molecule has 0 aliphatic carbocycles. The summed E-state index contributed by atoms with van der Waals surface area (Å²) in [6, 6.07) is 6.56. The molecule has 1 amide bonds. The van der Waals surface area contributed by atoms with Crippen molar-refractivity contribution in [3.05, 3.63) is 30.1 Å².